The fraction of sp³-hybridized carbons (Fsp3) is 0. The van der Waals surface area contributed by atoms with E-state index in [0.717, 1.165) is 12.3 Å². The van der Waals surface area contributed by atoms with E-state index in [4.69, 9.17) is 5.11 Å². The van der Waals surface area contributed by atoms with Gasteiger partial charge in [0.05, 0.1) is 6.08 Å². The average Bonchev–Trinajstić information content (AvgIpc) is 1.66. The van der Waals surface area contributed by atoms with Crippen LogP contribution in [0, 0.1) is 12.5 Å². The Morgan fingerprint density at radius 2 is 2.50 bits per heavy atom. The van der Waals surface area contributed by atoms with Gasteiger partial charge in [0, 0.05) is 0 Å². The van der Waals surface area contributed by atoms with Gasteiger partial charge in [0.2, 0.25) is 0 Å². The molecule has 0 aromatic rings. The summed E-state index contributed by atoms with van der Waals surface area (Å²) in [6, 6.07) is 0. The first kappa shape index (κ1) is 6.57. The van der Waals surface area contributed by atoms with Crippen molar-refractivity contribution in [2.75, 3.05) is 0 Å². The molecule has 8 heavy (non-hydrogen) atoms. The Labute approximate surface area is 46.6 Å². The number of rotatable bonds is 2. The van der Waals surface area contributed by atoms with Gasteiger partial charge in [-0.3, -0.25) is 0 Å². The molecule has 0 saturated heterocycles. The second-order valence-electron chi connectivity index (χ2n) is 0.877. The van der Waals surface area contributed by atoms with Gasteiger partial charge in [0.1, 0.15) is 12.4 Å². The third-order valence-corrected chi connectivity index (χ3v) is 0.347. The maximum absolute atomic E-state index is 9.64. The van der Waals surface area contributed by atoms with Crippen LogP contribution in [0.15, 0.2) is 12.3 Å². The molecule has 0 heterocycles. The first-order valence-corrected chi connectivity index (χ1v) is 1.78. The molecule has 0 bridgehead atoms. The molecular formula is C5H4O3. The van der Waals surface area contributed by atoms with Gasteiger partial charge in [-0.2, -0.15) is 0 Å². The van der Waals surface area contributed by atoms with E-state index in [9.17, 15) is 4.79 Å². The first-order valence-electron chi connectivity index (χ1n) is 1.78. The van der Waals surface area contributed by atoms with Gasteiger partial charge in [-0.05, 0) is 0 Å². The second-order valence-corrected chi connectivity index (χ2v) is 0.877. The van der Waals surface area contributed by atoms with Crippen LogP contribution in [-0.2, 0) is 9.53 Å². The normalized spacial score (nSPS) is 8.38. The number of aliphatic carboxylic acids is 1. The number of carboxylic acid groups (broad SMARTS) is 1. The lowest BCUT2D eigenvalue weighted by Crippen LogP contribution is -1.85. The van der Waals surface area contributed by atoms with Crippen LogP contribution < -0.4 is 0 Å². The molecule has 0 unspecified atom stereocenters. The van der Waals surface area contributed by atoms with Crippen molar-refractivity contribution in [2.45, 2.75) is 0 Å². The van der Waals surface area contributed by atoms with E-state index >= 15 is 0 Å². The fourth-order valence-corrected chi connectivity index (χ4v) is 0.132. The van der Waals surface area contributed by atoms with Gasteiger partial charge < -0.3 is 9.84 Å². The molecule has 0 radical (unpaired) electrons. The molecule has 42 valence electrons. The number of carbonyl (C=O) groups is 1. The monoisotopic (exact) mass is 112 g/mol. The third-order valence-electron chi connectivity index (χ3n) is 0.347. The summed E-state index contributed by atoms with van der Waals surface area (Å²) >= 11 is 0. The van der Waals surface area contributed by atoms with Crippen LogP contribution >= 0.6 is 0 Å². The molecule has 3 heteroatoms. The van der Waals surface area contributed by atoms with E-state index in [1.165, 1.54) is 0 Å². The van der Waals surface area contributed by atoms with E-state index in [0.29, 0.717) is 0 Å². The highest BCUT2D eigenvalue weighted by molar-refractivity contribution is 5.79. The van der Waals surface area contributed by atoms with Crippen LogP contribution in [0.2, 0.25) is 0 Å². The summed E-state index contributed by atoms with van der Waals surface area (Å²) in [5.74, 6) is -1.08. The maximum Gasteiger partial charge on any atom is 0.331 e. The predicted octanol–water partition coefficient (Wildman–Crippen LogP) is 0.192. The average molecular weight is 112 g/mol. The zero-order chi connectivity index (χ0) is 6.41. The van der Waals surface area contributed by atoms with Crippen LogP contribution in [0.5, 0.6) is 0 Å². The number of hydrogen-bond acceptors (Lipinski definition) is 2. The number of ether oxygens (including phenoxy) is 1. The molecule has 0 aliphatic rings. The van der Waals surface area contributed by atoms with Crippen molar-refractivity contribution >= 4 is 5.97 Å². The highest BCUT2D eigenvalue weighted by Gasteiger charge is 1.81. The SMILES string of the molecule is C#CO/C=C/C(=O)O. The summed E-state index contributed by atoms with van der Waals surface area (Å²) in [5.41, 5.74) is 0. The van der Waals surface area contributed by atoms with Crippen LogP contribution in [0.25, 0.3) is 0 Å². The number of terminal acetylenes is 1. The minimum atomic E-state index is -1.08. The van der Waals surface area contributed by atoms with E-state index < -0.39 is 5.97 Å². The van der Waals surface area contributed by atoms with Crippen LogP contribution in [0.3, 0.4) is 0 Å². The Balaban J connectivity index is 3.38. The highest BCUT2D eigenvalue weighted by atomic mass is 16.5. The van der Waals surface area contributed by atoms with E-state index in [2.05, 4.69) is 11.2 Å². The van der Waals surface area contributed by atoms with Crippen molar-refractivity contribution in [3.8, 4) is 12.5 Å². The largest absolute Gasteiger partial charge is 0.478 e. The van der Waals surface area contributed by atoms with Crippen molar-refractivity contribution in [3.05, 3.63) is 12.3 Å². The molecule has 0 saturated carbocycles. The summed E-state index contributed by atoms with van der Waals surface area (Å²) in [5, 5.41) is 7.90. The van der Waals surface area contributed by atoms with Gasteiger partial charge in [-0.15, -0.1) is 0 Å². The maximum atomic E-state index is 9.64. The summed E-state index contributed by atoms with van der Waals surface area (Å²) in [4.78, 5) is 9.64. The Bertz CT molecular complexity index is 140. The molecule has 1 N–H and O–H groups in total. The van der Waals surface area contributed by atoms with Gasteiger partial charge in [-0.1, -0.05) is 6.42 Å². The molecule has 0 amide bonds. The quantitative estimate of drug-likeness (QED) is 0.315. The fourth-order valence-electron chi connectivity index (χ4n) is 0.132. The summed E-state index contributed by atoms with van der Waals surface area (Å²) in [6.45, 7) is 0. The predicted molar refractivity (Wildman–Crippen MR) is 26.7 cm³/mol. The first-order chi connectivity index (χ1) is 3.77. The zero-order valence-corrected chi connectivity index (χ0v) is 4.00. The lowest BCUT2D eigenvalue weighted by molar-refractivity contribution is -0.131. The minimum Gasteiger partial charge on any atom is -0.478 e. The molecule has 0 spiro atoms. The summed E-state index contributed by atoms with van der Waals surface area (Å²) in [6.07, 6.45) is 8.10. The van der Waals surface area contributed by atoms with Crippen LogP contribution in [0.1, 0.15) is 0 Å². The van der Waals surface area contributed by atoms with Gasteiger partial charge >= 0.3 is 5.97 Å². The Hall–Kier alpha value is -1.43. The van der Waals surface area contributed by atoms with Crippen LogP contribution in [0.4, 0.5) is 0 Å². The third kappa shape index (κ3) is 4.57. The Kier molecular flexibility index (Phi) is 3.08. The molecule has 3 nitrogen and oxygen atoms in total. The standard InChI is InChI=1S/C5H4O3/c1-2-8-4-3-5(6)7/h1,3-4H,(H,6,7)/b4-3+. The summed E-state index contributed by atoms with van der Waals surface area (Å²) < 4.78 is 4.11. The lowest BCUT2D eigenvalue weighted by Gasteiger charge is -1.78. The minimum absolute atomic E-state index is 0.805. The van der Waals surface area contributed by atoms with Crippen molar-refractivity contribution < 1.29 is 14.6 Å². The van der Waals surface area contributed by atoms with Crippen molar-refractivity contribution in [1.29, 1.82) is 0 Å². The molecule has 0 atom stereocenters. The molecule has 0 aromatic heterocycles. The second kappa shape index (κ2) is 3.75. The van der Waals surface area contributed by atoms with Crippen molar-refractivity contribution in [2.24, 2.45) is 0 Å². The number of hydrogen-bond donors (Lipinski definition) is 1. The molecule has 0 rings (SSSR count). The molecule has 0 aliphatic heterocycles. The van der Waals surface area contributed by atoms with Crippen LogP contribution in [-0.4, -0.2) is 11.1 Å². The molecule has 0 aromatic carbocycles. The Morgan fingerprint density at radius 1 is 1.88 bits per heavy atom. The van der Waals surface area contributed by atoms with Crippen molar-refractivity contribution in [3.63, 3.8) is 0 Å². The van der Waals surface area contributed by atoms with E-state index in [1.54, 1.807) is 6.11 Å². The highest BCUT2D eigenvalue weighted by Crippen LogP contribution is 1.72. The zero-order valence-electron chi connectivity index (χ0n) is 4.00. The molecule has 0 fully saturated rings. The number of carboxylic acids is 1. The van der Waals surface area contributed by atoms with Gasteiger partial charge in [0.25, 0.3) is 0 Å². The molecular weight excluding hydrogens is 108 g/mol. The van der Waals surface area contributed by atoms with Gasteiger partial charge in [-0.25, -0.2) is 4.79 Å². The van der Waals surface area contributed by atoms with Gasteiger partial charge in [0.15, 0.2) is 0 Å². The smallest absolute Gasteiger partial charge is 0.331 e. The van der Waals surface area contributed by atoms with Crippen molar-refractivity contribution in [1.82, 2.24) is 0 Å². The van der Waals surface area contributed by atoms with E-state index in [-0.39, 0.29) is 0 Å². The summed E-state index contributed by atoms with van der Waals surface area (Å²) in [7, 11) is 0. The molecule has 0 aliphatic carbocycles. The lowest BCUT2D eigenvalue weighted by atomic mass is 10.6. The topological polar surface area (TPSA) is 46.5 Å². The Morgan fingerprint density at radius 3 is 2.88 bits per heavy atom. The van der Waals surface area contributed by atoms with E-state index in [1.807, 2.05) is 0 Å².